The van der Waals surface area contributed by atoms with Gasteiger partial charge in [0.2, 0.25) is 0 Å². The summed E-state index contributed by atoms with van der Waals surface area (Å²) in [6.07, 6.45) is 0. The average Bonchev–Trinajstić information content (AvgIpc) is 2.89. The van der Waals surface area contributed by atoms with E-state index in [1.807, 2.05) is 18.2 Å². The van der Waals surface area contributed by atoms with E-state index in [1.54, 1.807) is 24.3 Å². The van der Waals surface area contributed by atoms with Crippen LogP contribution in [0.4, 0.5) is 0 Å². The highest BCUT2D eigenvalue weighted by Crippen LogP contribution is 2.29. The van der Waals surface area contributed by atoms with Gasteiger partial charge < -0.3 is 4.18 Å². The van der Waals surface area contributed by atoms with E-state index in [-0.39, 0.29) is 21.8 Å². The first kappa shape index (κ1) is 15.3. The molecule has 6 nitrogen and oxygen atoms in total. The number of hydrogen-bond donors (Lipinski definition) is 1. The maximum absolute atomic E-state index is 12.6. The maximum atomic E-state index is 12.6. The van der Waals surface area contributed by atoms with Crippen LogP contribution in [0.3, 0.4) is 0 Å². The number of carbonyl (C=O) groups excluding carboxylic acids is 2. The van der Waals surface area contributed by atoms with Gasteiger partial charge in [0.05, 0.1) is 11.1 Å². The Labute approximate surface area is 143 Å². The molecule has 0 radical (unpaired) electrons. The first-order valence-electron chi connectivity index (χ1n) is 7.38. The highest BCUT2D eigenvalue weighted by atomic mass is 32.2. The highest BCUT2D eigenvalue weighted by Gasteiger charge is 2.29. The lowest BCUT2D eigenvalue weighted by Crippen LogP contribution is -2.19. The molecule has 0 spiro atoms. The SMILES string of the molecule is O=C1NC(=O)c2cc(S(=O)(=O)Oc3cccc4ccccc34)ccc21. The van der Waals surface area contributed by atoms with Gasteiger partial charge in [0.25, 0.3) is 11.8 Å². The second kappa shape index (κ2) is 5.42. The van der Waals surface area contributed by atoms with Crippen LogP contribution in [0.5, 0.6) is 5.75 Å². The van der Waals surface area contributed by atoms with Crippen molar-refractivity contribution in [3.63, 3.8) is 0 Å². The third-order valence-electron chi connectivity index (χ3n) is 3.95. The minimum Gasteiger partial charge on any atom is -0.378 e. The fourth-order valence-electron chi connectivity index (χ4n) is 2.74. The van der Waals surface area contributed by atoms with Crippen LogP contribution in [-0.4, -0.2) is 20.2 Å². The zero-order valence-corrected chi connectivity index (χ0v) is 13.5. The molecule has 0 saturated heterocycles. The molecule has 0 atom stereocenters. The van der Waals surface area contributed by atoms with Gasteiger partial charge in [-0.1, -0.05) is 36.4 Å². The predicted molar refractivity (Wildman–Crippen MR) is 90.0 cm³/mol. The van der Waals surface area contributed by atoms with Gasteiger partial charge in [-0.2, -0.15) is 8.42 Å². The van der Waals surface area contributed by atoms with E-state index in [1.165, 1.54) is 12.1 Å². The molecular formula is C18H11NO5S. The van der Waals surface area contributed by atoms with Gasteiger partial charge in [0.1, 0.15) is 4.90 Å². The zero-order valence-electron chi connectivity index (χ0n) is 12.7. The molecule has 7 heteroatoms. The minimum absolute atomic E-state index is 0.0209. The Balaban J connectivity index is 1.77. The van der Waals surface area contributed by atoms with Crippen LogP contribution < -0.4 is 9.50 Å². The Kier molecular flexibility index (Phi) is 3.33. The normalized spacial score (nSPS) is 13.6. The van der Waals surface area contributed by atoms with E-state index >= 15 is 0 Å². The van der Waals surface area contributed by atoms with Gasteiger partial charge in [-0.3, -0.25) is 14.9 Å². The van der Waals surface area contributed by atoms with Gasteiger partial charge in [-0.25, -0.2) is 0 Å². The lowest BCUT2D eigenvalue weighted by atomic mass is 10.1. The number of benzene rings is 3. The second-order valence-corrected chi connectivity index (χ2v) is 7.05. The van der Waals surface area contributed by atoms with Crippen molar-refractivity contribution in [2.45, 2.75) is 4.90 Å². The van der Waals surface area contributed by atoms with E-state index in [2.05, 4.69) is 5.32 Å². The van der Waals surface area contributed by atoms with Gasteiger partial charge in [-0.15, -0.1) is 0 Å². The highest BCUT2D eigenvalue weighted by molar-refractivity contribution is 7.87. The molecule has 0 aliphatic carbocycles. The largest absolute Gasteiger partial charge is 0.378 e. The molecule has 4 rings (SSSR count). The van der Waals surface area contributed by atoms with Gasteiger partial charge >= 0.3 is 10.1 Å². The quantitative estimate of drug-likeness (QED) is 0.577. The third kappa shape index (κ3) is 2.54. The summed E-state index contributed by atoms with van der Waals surface area (Å²) in [5.74, 6) is -0.972. The lowest BCUT2D eigenvalue weighted by Gasteiger charge is -2.10. The summed E-state index contributed by atoms with van der Waals surface area (Å²) in [6.45, 7) is 0. The maximum Gasteiger partial charge on any atom is 0.339 e. The van der Waals surface area contributed by atoms with Crippen LogP contribution in [0, 0.1) is 0 Å². The molecule has 124 valence electrons. The third-order valence-corrected chi connectivity index (χ3v) is 5.18. The Morgan fingerprint density at radius 2 is 1.52 bits per heavy atom. The summed E-state index contributed by atoms with van der Waals surface area (Å²) in [7, 11) is -4.16. The molecule has 1 aliphatic heterocycles. The molecule has 1 N–H and O–H groups in total. The Morgan fingerprint density at radius 1 is 0.800 bits per heavy atom. The van der Waals surface area contributed by atoms with Gasteiger partial charge in [0.15, 0.2) is 5.75 Å². The number of amides is 2. The van der Waals surface area contributed by atoms with Crippen LogP contribution in [-0.2, 0) is 10.1 Å². The fraction of sp³-hybridized carbons (Fsp3) is 0. The standard InChI is InChI=1S/C18H11NO5S/c20-17-14-9-8-12(10-15(14)18(21)19-17)25(22,23)24-16-7-3-5-11-4-1-2-6-13(11)16/h1-10H,(H,19,20,21). The van der Waals surface area contributed by atoms with Crippen LogP contribution >= 0.6 is 0 Å². The molecule has 25 heavy (non-hydrogen) atoms. The molecule has 0 unspecified atom stereocenters. The molecule has 2 amide bonds. The number of hydrogen-bond acceptors (Lipinski definition) is 5. The average molecular weight is 353 g/mol. The number of fused-ring (bicyclic) bond motifs is 2. The Bertz CT molecular complexity index is 1150. The number of rotatable bonds is 3. The number of nitrogens with one attached hydrogen (secondary N) is 1. The summed E-state index contributed by atoms with van der Waals surface area (Å²) in [5.41, 5.74) is 0.168. The first-order valence-corrected chi connectivity index (χ1v) is 8.78. The van der Waals surface area contributed by atoms with Crippen molar-refractivity contribution in [1.82, 2.24) is 5.32 Å². The van der Waals surface area contributed by atoms with E-state index < -0.39 is 21.9 Å². The molecule has 3 aromatic rings. The van der Waals surface area contributed by atoms with Crippen LogP contribution in [0.2, 0.25) is 0 Å². The summed E-state index contributed by atoms with van der Waals surface area (Å²) in [6, 6.07) is 16.0. The molecular weight excluding hydrogens is 342 g/mol. The summed E-state index contributed by atoms with van der Waals surface area (Å²) >= 11 is 0. The number of imide groups is 1. The van der Waals surface area contributed by atoms with Crippen molar-refractivity contribution in [2.75, 3.05) is 0 Å². The first-order chi connectivity index (χ1) is 12.0. The monoisotopic (exact) mass is 353 g/mol. The predicted octanol–water partition coefficient (Wildman–Crippen LogP) is 2.49. The van der Waals surface area contributed by atoms with Crippen molar-refractivity contribution in [3.8, 4) is 5.75 Å². The van der Waals surface area contributed by atoms with Crippen molar-refractivity contribution in [2.24, 2.45) is 0 Å². The molecule has 0 saturated carbocycles. The van der Waals surface area contributed by atoms with E-state index in [0.29, 0.717) is 5.39 Å². The topological polar surface area (TPSA) is 89.5 Å². The molecule has 1 aliphatic rings. The van der Waals surface area contributed by atoms with E-state index in [4.69, 9.17) is 4.18 Å². The van der Waals surface area contributed by atoms with Crippen LogP contribution in [0.15, 0.2) is 65.6 Å². The molecule has 0 aromatic heterocycles. The van der Waals surface area contributed by atoms with E-state index in [9.17, 15) is 18.0 Å². The molecule has 3 aromatic carbocycles. The Morgan fingerprint density at radius 3 is 2.36 bits per heavy atom. The van der Waals surface area contributed by atoms with Crippen LogP contribution in [0.25, 0.3) is 10.8 Å². The summed E-state index contributed by atoms with van der Waals surface area (Å²) in [4.78, 5) is 23.1. The Hall–Kier alpha value is -3.19. The second-order valence-electron chi connectivity index (χ2n) is 5.51. The van der Waals surface area contributed by atoms with Crippen LogP contribution in [0.1, 0.15) is 20.7 Å². The van der Waals surface area contributed by atoms with Gasteiger partial charge in [-0.05, 0) is 29.7 Å². The van der Waals surface area contributed by atoms with Gasteiger partial charge in [0, 0.05) is 5.39 Å². The summed E-state index contributed by atoms with van der Waals surface area (Å²) < 4.78 is 30.5. The van der Waals surface area contributed by atoms with Crippen molar-refractivity contribution < 1.29 is 22.2 Å². The number of carbonyl (C=O) groups is 2. The summed E-state index contributed by atoms with van der Waals surface area (Å²) in [5, 5.41) is 3.62. The van der Waals surface area contributed by atoms with Crippen molar-refractivity contribution in [3.05, 3.63) is 71.8 Å². The van der Waals surface area contributed by atoms with Crippen molar-refractivity contribution in [1.29, 1.82) is 0 Å². The molecule has 0 bridgehead atoms. The molecule has 0 fully saturated rings. The minimum atomic E-state index is -4.16. The fourth-order valence-corrected chi connectivity index (χ4v) is 3.71. The lowest BCUT2D eigenvalue weighted by molar-refractivity contribution is 0.0879. The van der Waals surface area contributed by atoms with E-state index in [0.717, 1.165) is 11.5 Å². The molecule has 1 heterocycles. The smallest absolute Gasteiger partial charge is 0.339 e. The van der Waals surface area contributed by atoms with Crippen molar-refractivity contribution >= 4 is 32.7 Å². The zero-order chi connectivity index (χ0) is 17.6.